The largest absolute Gasteiger partial charge is 0.357 e. The van der Waals surface area contributed by atoms with Gasteiger partial charge in [0.2, 0.25) is 11.9 Å². The number of rotatable bonds is 5. The molecule has 0 atom stereocenters. The third-order valence-corrected chi connectivity index (χ3v) is 4.33. The molecule has 1 aromatic carbocycles. The van der Waals surface area contributed by atoms with Crippen molar-refractivity contribution in [1.29, 1.82) is 0 Å². The smallest absolute Gasteiger partial charge is 0.296 e. The molecule has 0 amide bonds. The molecule has 11 nitrogen and oxygen atoms in total. The first kappa shape index (κ1) is 17.0. The first-order valence-corrected chi connectivity index (χ1v) is 8.72. The second kappa shape index (κ2) is 6.04. The zero-order valence-corrected chi connectivity index (χ0v) is 13.1. The van der Waals surface area contributed by atoms with Crippen LogP contribution in [0.1, 0.15) is 0 Å². The van der Waals surface area contributed by atoms with E-state index in [1.54, 1.807) is 7.05 Å². The molecule has 0 aliphatic heterocycles. The number of anilines is 3. The van der Waals surface area contributed by atoms with Gasteiger partial charge in [-0.15, -0.1) is 0 Å². The van der Waals surface area contributed by atoms with Gasteiger partial charge in [-0.3, -0.25) is 9.11 Å². The Morgan fingerprint density at radius 2 is 1.65 bits per heavy atom. The highest BCUT2D eigenvalue weighted by Gasteiger charge is 2.20. The molecule has 2 aromatic rings. The maximum absolute atomic E-state index is 11.4. The molecule has 2 rings (SSSR count). The molecule has 0 radical (unpaired) electrons. The van der Waals surface area contributed by atoms with Gasteiger partial charge in [0, 0.05) is 7.05 Å². The fourth-order valence-electron chi connectivity index (χ4n) is 1.59. The molecule has 0 saturated carbocycles. The number of nitrogens with one attached hydrogen (secondary N) is 2. The Morgan fingerprint density at radius 3 is 2.22 bits per heavy atom. The van der Waals surface area contributed by atoms with Crippen LogP contribution in [-0.2, 0) is 20.2 Å². The highest BCUT2D eigenvalue weighted by molar-refractivity contribution is 7.86. The van der Waals surface area contributed by atoms with E-state index in [-0.39, 0.29) is 17.6 Å². The van der Waals surface area contributed by atoms with Gasteiger partial charge in [0.05, 0.1) is 10.6 Å². The SMILES string of the molecule is CNc1ncnc(Nc2cc(S(=O)(=O)O)ccc2S(=O)(=O)O)n1. The standard InChI is InChI=1S/C10H11N5O6S2/c1-11-9-12-5-13-10(15-9)14-7-4-6(22(16,17)18)2-3-8(7)23(19,20)21/h2-5H,1H3,(H,16,17,18)(H,19,20,21)(H2,11,12,13,14,15). The number of hydrogen-bond donors (Lipinski definition) is 4. The summed E-state index contributed by atoms with van der Waals surface area (Å²) in [5, 5.41) is 5.08. The van der Waals surface area contributed by atoms with Gasteiger partial charge in [0.25, 0.3) is 20.2 Å². The molecule has 124 valence electrons. The molecule has 0 fully saturated rings. The fourth-order valence-corrected chi connectivity index (χ4v) is 2.72. The predicted octanol–water partition coefficient (Wildman–Crippen LogP) is 0.150. The van der Waals surface area contributed by atoms with Crippen molar-refractivity contribution in [3.05, 3.63) is 24.5 Å². The van der Waals surface area contributed by atoms with Crippen molar-refractivity contribution >= 4 is 37.8 Å². The molecule has 4 N–H and O–H groups in total. The highest BCUT2D eigenvalue weighted by Crippen LogP contribution is 2.26. The van der Waals surface area contributed by atoms with Crippen molar-refractivity contribution < 1.29 is 25.9 Å². The van der Waals surface area contributed by atoms with Crippen LogP contribution in [0.5, 0.6) is 0 Å². The molecule has 0 saturated heterocycles. The Labute approximate surface area is 131 Å². The van der Waals surface area contributed by atoms with Crippen molar-refractivity contribution in [3.8, 4) is 0 Å². The lowest BCUT2D eigenvalue weighted by molar-refractivity contribution is 0.479. The van der Waals surface area contributed by atoms with Crippen LogP contribution < -0.4 is 10.6 Å². The molecule has 23 heavy (non-hydrogen) atoms. The monoisotopic (exact) mass is 361 g/mol. The van der Waals surface area contributed by atoms with E-state index in [0.717, 1.165) is 24.5 Å². The maximum Gasteiger partial charge on any atom is 0.296 e. The lowest BCUT2D eigenvalue weighted by atomic mass is 10.3. The van der Waals surface area contributed by atoms with E-state index in [9.17, 15) is 21.4 Å². The third kappa shape index (κ3) is 4.10. The van der Waals surface area contributed by atoms with E-state index in [0.29, 0.717) is 0 Å². The summed E-state index contributed by atoms with van der Waals surface area (Å²) in [6.45, 7) is 0. The second-order valence-electron chi connectivity index (χ2n) is 4.12. The third-order valence-electron chi connectivity index (χ3n) is 2.57. The van der Waals surface area contributed by atoms with Crippen LogP contribution in [0.2, 0.25) is 0 Å². The lowest BCUT2D eigenvalue weighted by Gasteiger charge is -2.10. The van der Waals surface area contributed by atoms with Crippen LogP contribution in [-0.4, -0.2) is 47.9 Å². The summed E-state index contributed by atoms with van der Waals surface area (Å²) in [6, 6.07) is 2.47. The quantitative estimate of drug-likeness (QED) is 0.534. The van der Waals surface area contributed by atoms with Crippen LogP contribution in [0.15, 0.2) is 34.3 Å². The van der Waals surface area contributed by atoms with Gasteiger partial charge < -0.3 is 10.6 Å². The Bertz CT molecular complexity index is 944. The molecule has 1 heterocycles. The van der Waals surface area contributed by atoms with Crippen LogP contribution in [0.3, 0.4) is 0 Å². The van der Waals surface area contributed by atoms with Crippen LogP contribution in [0.25, 0.3) is 0 Å². The van der Waals surface area contributed by atoms with Gasteiger partial charge in [0.15, 0.2) is 0 Å². The summed E-state index contributed by atoms with van der Waals surface area (Å²) in [6.07, 6.45) is 1.13. The van der Waals surface area contributed by atoms with Gasteiger partial charge in [-0.25, -0.2) is 9.97 Å². The fraction of sp³-hybridized carbons (Fsp3) is 0.100. The van der Waals surface area contributed by atoms with Crippen molar-refractivity contribution in [3.63, 3.8) is 0 Å². The molecular weight excluding hydrogens is 350 g/mol. The summed E-state index contributed by atoms with van der Waals surface area (Å²) < 4.78 is 63.3. The summed E-state index contributed by atoms with van der Waals surface area (Å²) in [5.74, 6) is 0.0589. The maximum atomic E-state index is 11.4. The minimum atomic E-state index is -4.66. The molecule has 1 aromatic heterocycles. The van der Waals surface area contributed by atoms with Gasteiger partial charge >= 0.3 is 0 Å². The zero-order chi connectivity index (χ0) is 17.3. The number of hydrogen-bond acceptors (Lipinski definition) is 9. The number of benzene rings is 1. The first-order chi connectivity index (χ1) is 10.6. The Balaban J connectivity index is 2.57. The van der Waals surface area contributed by atoms with Gasteiger partial charge in [-0.2, -0.15) is 21.8 Å². The van der Waals surface area contributed by atoms with Crippen LogP contribution in [0, 0.1) is 0 Å². The highest BCUT2D eigenvalue weighted by atomic mass is 32.2. The van der Waals surface area contributed by atoms with E-state index in [4.69, 9.17) is 4.55 Å². The minimum Gasteiger partial charge on any atom is -0.357 e. The van der Waals surface area contributed by atoms with Crippen molar-refractivity contribution in [2.45, 2.75) is 9.79 Å². The second-order valence-corrected chi connectivity index (χ2v) is 6.93. The molecule has 0 aliphatic rings. The number of aromatic nitrogens is 3. The van der Waals surface area contributed by atoms with E-state index in [1.807, 2.05) is 0 Å². The van der Waals surface area contributed by atoms with Gasteiger partial charge in [0.1, 0.15) is 11.2 Å². The molecule has 0 unspecified atom stereocenters. The molecule has 0 bridgehead atoms. The van der Waals surface area contributed by atoms with E-state index < -0.39 is 30.0 Å². The average molecular weight is 361 g/mol. The summed E-state index contributed by atoms with van der Waals surface area (Å²) >= 11 is 0. The number of nitrogens with zero attached hydrogens (tertiary/aromatic N) is 3. The van der Waals surface area contributed by atoms with Crippen molar-refractivity contribution in [1.82, 2.24) is 15.0 Å². The van der Waals surface area contributed by atoms with Gasteiger partial charge in [-0.1, -0.05) is 0 Å². The zero-order valence-electron chi connectivity index (χ0n) is 11.5. The summed E-state index contributed by atoms with van der Waals surface area (Å²) in [5.41, 5.74) is -0.337. The van der Waals surface area contributed by atoms with Crippen LogP contribution in [0.4, 0.5) is 17.6 Å². The first-order valence-electron chi connectivity index (χ1n) is 5.84. The van der Waals surface area contributed by atoms with E-state index in [1.165, 1.54) is 0 Å². The molecule has 13 heteroatoms. The normalized spacial score (nSPS) is 12.0. The predicted molar refractivity (Wildman–Crippen MR) is 78.7 cm³/mol. The minimum absolute atomic E-state index is 0.110. The summed E-state index contributed by atoms with van der Waals surface area (Å²) in [4.78, 5) is 10.2. The Morgan fingerprint density at radius 1 is 1.00 bits per heavy atom. The van der Waals surface area contributed by atoms with Gasteiger partial charge in [-0.05, 0) is 18.2 Å². The topological polar surface area (TPSA) is 171 Å². The lowest BCUT2D eigenvalue weighted by Crippen LogP contribution is -2.08. The van der Waals surface area contributed by atoms with Crippen LogP contribution >= 0.6 is 0 Å². The van der Waals surface area contributed by atoms with E-state index >= 15 is 0 Å². The van der Waals surface area contributed by atoms with E-state index in [2.05, 4.69) is 25.6 Å². The molecular formula is C10H11N5O6S2. The van der Waals surface area contributed by atoms with Crippen molar-refractivity contribution in [2.75, 3.05) is 17.7 Å². The summed E-state index contributed by atoms with van der Waals surface area (Å²) in [7, 11) is -7.69. The van der Waals surface area contributed by atoms with Crippen molar-refractivity contribution in [2.24, 2.45) is 0 Å². The average Bonchev–Trinajstić information content (AvgIpc) is 2.45. The Hall–Kier alpha value is -2.35. The Kier molecular flexibility index (Phi) is 4.46. The molecule has 0 spiro atoms. The molecule has 0 aliphatic carbocycles.